The van der Waals surface area contributed by atoms with E-state index in [1.807, 2.05) is 16.5 Å². The maximum atomic E-state index is 12.4. The predicted octanol–water partition coefficient (Wildman–Crippen LogP) is 1.60. The molecule has 0 aliphatic carbocycles. The van der Waals surface area contributed by atoms with Crippen LogP contribution in [-0.2, 0) is 16.1 Å². The van der Waals surface area contributed by atoms with Crippen molar-refractivity contribution in [1.29, 1.82) is 0 Å². The SMILES string of the molecule is O=C(C[C@@H]1CO[C@H]2CN(Cc3nccs3)C[C@@H]12)N1CCCC1. The molecular formula is C16H23N3O2S. The van der Waals surface area contributed by atoms with Gasteiger partial charge in [0.2, 0.25) is 5.91 Å². The molecule has 0 bridgehead atoms. The van der Waals surface area contributed by atoms with Gasteiger partial charge in [-0.15, -0.1) is 11.3 Å². The zero-order valence-corrected chi connectivity index (χ0v) is 13.6. The van der Waals surface area contributed by atoms with Crippen LogP contribution < -0.4 is 0 Å². The Morgan fingerprint density at radius 3 is 3.00 bits per heavy atom. The molecule has 3 fully saturated rings. The minimum absolute atomic E-state index is 0.316. The van der Waals surface area contributed by atoms with Crippen LogP contribution in [0, 0.1) is 11.8 Å². The highest BCUT2D eigenvalue weighted by Crippen LogP contribution is 2.36. The van der Waals surface area contributed by atoms with Crippen LogP contribution in [0.3, 0.4) is 0 Å². The molecule has 0 N–H and O–H groups in total. The van der Waals surface area contributed by atoms with Crippen LogP contribution >= 0.6 is 11.3 Å². The molecule has 0 unspecified atom stereocenters. The number of nitrogens with zero attached hydrogens (tertiary/aromatic N) is 3. The Morgan fingerprint density at radius 2 is 2.23 bits per heavy atom. The van der Waals surface area contributed by atoms with Crippen LogP contribution in [0.1, 0.15) is 24.3 Å². The number of likely N-dealkylation sites (tertiary alicyclic amines) is 2. The highest BCUT2D eigenvalue weighted by molar-refractivity contribution is 7.09. The summed E-state index contributed by atoms with van der Waals surface area (Å²) < 4.78 is 5.97. The van der Waals surface area contributed by atoms with Crippen LogP contribution in [-0.4, -0.2) is 59.6 Å². The van der Waals surface area contributed by atoms with E-state index < -0.39 is 0 Å². The van der Waals surface area contributed by atoms with Gasteiger partial charge in [-0.1, -0.05) is 0 Å². The molecule has 3 saturated heterocycles. The maximum Gasteiger partial charge on any atom is 0.222 e. The van der Waals surface area contributed by atoms with Gasteiger partial charge in [-0.2, -0.15) is 0 Å². The molecule has 3 aliphatic heterocycles. The Kier molecular flexibility index (Phi) is 4.15. The summed E-state index contributed by atoms with van der Waals surface area (Å²) >= 11 is 1.71. The predicted molar refractivity (Wildman–Crippen MR) is 84.5 cm³/mol. The van der Waals surface area contributed by atoms with Gasteiger partial charge >= 0.3 is 0 Å². The summed E-state index contributed by atoms with van der Waals surface area (Å²) in [4.78, 5) is 21.2. The van der Waals surface area contributed by atoms with Crippen molar-refractivity contribution in [2.24, 2.45) is 11.8 Å². The number of aromatic nitrogens is 1. The highest BCUT2D eigenvalue weighted by Gasteiger charge is 2.44. The summed E-state index contributed by atoms with van der Waals surface area (Å²) in [6, 6.07) is 0. The number of thiazole rings is 1. The Hall–Kier alpha value is -0.980. The lowest BCUT2D eigenvalue weighted by Crippen LogP contribution is -2.32. The van der Waals surface area contributed by atoms with E-state index in [1.165, 1.54) is 17.8 Å². The zero-order valence-electron chi connectivity index (χ0n) is 12.8. The second-order valence-corrected chi connectivity index (χ2v) is 7.69. The Bertz CT molecular complexity index is 515. The molecule has 4 heterocycles. The molecule has 0 saturated carbocycles. The van der Waals surface area contributed by atoms with E-state index in [0.29, 0.717) is 30.3 Å². The van der Waals surface area contributed by atoms with E-state index in [9.17, 15) is 4.79 Å². The molecule has 22 heavy (non-hydrogen) atoms. The monoisotopic (exact) mass is 321 g/mol. The van der Waals surface area contributed by atoms with E-state index in [0.717, 1.165) is 39.3 Å². The molecule has 0 aromatic carbocycles. The lowest BCUT2D eigenvalue weighted by Gasteiger charge is -2.21. The molecule has 5 nitrogen and oxygen atoms in total. The molecule has 120 valence electrons. The number of carbonyl (C=O) groups is 1. The van der Waals surface area contributed by atoms with Crippen molar-refractivity contribution in [2.75, 3.05) is 32.8 Å². The molecule has 3 aliphatic rings. The van der Waals surface area contributed by atoms with Crippen LogP contribution in [0.5, 0.6) is 0 Å². The van der Waals surface area contributed by atoms with Gasteiger partial charge in [0.1, 0.15) is 5.01 Å². The van der Waals surface area contributed by atoms with Gasteiger partial charge in [0, 0.05) is 50.1 Å². The average Bonchev–Trinajstić information content (AvgIpc) is 3.24. The first kappa shape index (κ1) is 14.6. The van der Waals surface area contributed by atoms with Gasteiger partial charge in [-0.3, -0.25) is 9.69 Å². The van der Waals surface area contributed by atoms with Crippen molar-refractivity contribution < 1.29 is 9.53 Å². The van der Waals surface area contributed by atoms with Crippen molar-refractivity contribution in [3.63, 3.8) is 0 Å². The third-order valence-electron chi connectivity index (χ3n) is 5.25. The fraction of sp³-hybridized carbons (Fsp3) is 0.750. The van der Waals surface area contributed by atoms with Gasteiger partial charge in [0.05, 0.1) is 19.3 Å². The third-order valence-corrected chi connectivity index (χ3v) is 6.02. The second kappa shape index (κ2) is 6.26. The second-order valence-electron chi connectivity index (χ2n) is 6.71. The number of hydrogen-bond donors (Lipinski definition) is 0. The van der Waals surface area contributed by atoms with Crippen LogP contribution in [0.15, 0.2) is 11.6 Å². The summed E-state index contributed by atoms with van der Waals surface area (Å²) in [5.41, 5.74) is 0. The zero-order chi connectivity index (χ0) is 14.9. The fourth-order valence-electron chi connectivity index (χ4n) is 4.06. The van der Waals surface area contributed by atoms with Crippen molar-refractivity contribution in [1.82, 2.24) is 14.8 Å². The minimum Gasteiger partial charge on any atom is -0.376 e. The number of rotatable bonds is 4. The molecule has 1 aromatic rings. The Labute approximate surface area is 135 Å². The first-order chi connectivity index (χ1) is 10.8. The topological polar surface area (TPSA) is 45.7 Å². The highest BCUT2D eigenvalue weighted by atomic mass is 32.1. The Balaban J connectivity index is 1.33. The van der Waals surface area contributed by atoms with Gasteiger partial charge < -0.3 is 9.64 Å². The number of ether oxygens (including phenoxy) is 1. The Morgan fingerprint density at radius 1 is 1.36 bits per heavy atom. The fourth-order valence-corrected chi connectivity index (χ4v) is 4.72. The van der Waals surface area contributed by atoms with Crippen molar-refractivity contribution in [3.8, 4) is 0 Å². The van der Waals surface area contributed by atoms with E-state index in [2.05, 4.69) is 9.88 Å². The summed E-state index contributed by atoms with van der Waals surface area (Å²) in [7, 11) is 0. The van der Waals surface area contributed by atoms with Crippen molar-refractivity contribution >= 4 is 17.2 Å². The maximum absolute atomic E-state index is 12.4. The lowest BCUT2D eigenvalue weighted by molar-refractivity contribution is -0.131. The van der Waals surface area contributed by atoms with Crippen LogP contribution in [0.2, 0.25) is 0 Å². The van der Waals surface area contributed by atoms with E-state index in [1.54, 1.807) is 11.3 Å². The van der Waals surface area contributed by atoms with Crippen LogP contribution in [0.25, 0.3) is 0 Å². The molecule has 4 rings (SSSR count). The molecule has 3 atom stereocenters. The lowest BCUT2D eigenvalue weighted by atomic mass is 9.90. The third kappa shape index (κ3) is 2.92. The largest absolute Gasteiger partial charge is 0.376 e. The van der Waals surface area contributed by atoms with Crippen molar-refractivity contribution in [3.05, 3.63) is 16.6 Å². The quantitative estimate of drug-likeness (QED) is 0.845. The molecule has 1 aromatic heterocycles. The van der Waals surface area contributed by atoms with Crippen molar-refractivity contribution in [2.45, 2.75) is 31.9 Å². The first-order valence-electron chi connectivity index (χ1n) is 8.29. The normalized spacial score (nSPS) is 31.8. The van der Waals surface area contributed by atoms with Gasteiger partial charge in [-0.25, -0.2) is 4.98 Å². The number of amides is 1. The van der Waals surface area contributed by atoms with E-state index in [-0.39, 0.29) is 0 Å². The van der Waals surface area contributed by atoms with Gasteiger partial charge in [0.25, 0.3) is 0 Å². The molecule has 0 spiro atoms. The molecule has 6 heteroatoms. The van der Waals surface area contributed by atoms with Gasteiger partial charge in [-0.05, 0) is 18.8 Å². The summed E-state index contributed by atoms with van der Waals surface area (Å²) in [5, 5.41) is 3.20. The number of carbonyl (C=O) groups excluding carboxylic acids is 1. The smallest absolute Gasteiger partial charge is 0.222 e. The summed E-state index contributed by atoms with van der Waals surface area (Å²) in [6.07, 6.45) is 5.19. The van der Waals surface area contributed by atoms with Crippen LogP contribution in [0.4, 0.5) is 0 Å². The molecule has 0 radical (unpaired) electrons. The standard InChI is InChI=1S/C16H23N3O2S/c20-16(19-4-1-2-5-19)7-12-11-21-14-9-18(8-13(12)14)10-15-17-3-6-22-15/h3,6,12-14H,1-2,4-5,7-11H2/t12-,13+,14+/m1/s1. The summed E-state index contributed by atoms with van der Waals surface area (Å²) in [6.45, 7) is 5.62. The number of fused-ring (bicyclic) bond motifs is 1. The molecular weight excluding hydrogens is 298 g/mol. The first-order valence-corrected chi connectivity index (χ1v) is 9.17. The molecule has 1 amide bonds. The summed E-state index contributed by atoms with van der Waals surface area (Å²) in [5.74, 6) is 1.26. The average molecular weight is 321 g/mol. The van der Waals surface area contributed by atoms with E-state index >= 15 is 0 Å². The van der Waals surface area contributed by atoms with E-state index in [4.69, 9.17) is 4.74 Å². The number of hydrogen-bond acceptors (Lipinski definition) is 5. The van der Waals surface area contributed by atoms with Gasteiger partial charge in [0.15, 0.2) is 0 Å². The minimum atomic E-state index is 0.316.